The molecule has 0 heterocycles. The number of unbranched alkanes of at least 4 members (excludes halogenated alkanes) is 1. The maximum Gasteiger partial charge on any atom is 0.243 e. The van der Waals surface area contributed by atoms with Gasteiger partial charge in [0, 0.05) is 22.5 Å². The maximum absolute atomic E-state index is 12.2. The molecule has 6 heteroatoms. The molecule has 0 unspecified atom stereocenters. The van der Waals surface area contributed by atoms with Crippen LogP contribution in [0.3, 0.4) is 0 Å². The average molecular weight is 398 g/mol. The highest BCUT2D eigenvalue weighted by Gasteiger charge is 2.21. The fourth-order valence-electron chi connectivity index (χ4n) is 2.38. The summed E-state index contributed by atoms with van der Waals surface area (Å²) in [5.41, 5.74) is 1.69. The number of hydrogen-bond acceptors (Lipinski definition) is 4. The second kappa shape index (κ2) is 10.5. The highest BCUT2D eigenvalue weighted by molar-refractivity contribution is 5.95. The van der Waals surface area contributed by atoms with Gasteiger partial charge in [-0.3, -0.25) is 9.59 Å². The number of carbonyl (C=O) groups excluding carboxylic acids is 2. The predicted molar refractivity (Wildman–Crippen MR) is 118 cm³/mol. The molecule has 2 aromatic carbocycles. The number of rotatable bonds is 9. The van der Waals surface area contributed by atoms with Crippen LogP contribution in [0.15, 0.2) is 48.5 Å². The van der Waals surface area contributed by atoms with E-state index in [1.165, 1.54) is 0 Å². The molecule has 29 heavy (non-hydrogen) atoms. The van der Waals surface area contributed by atoms with Crippen molar-refractivity contribution in [1.82, 2.24) is 0 Å². The van der Waals surface area contributed by atoms with Crippen LogP contribution in [-0.4, -0.2) is 25.0 Å². The first kappa shape index (κ1) is 22.3. The van der Waals surface area contributed by atoms with Gasteiger partial charge in [-0.1, -0.05) is 40.2 Å². The topological polar surface area (TPSA) is 79.5 Å². The summed E-state index contributed by atoms with van der Waals surface area (Å²) in [7, 11) is 0. The number of benzene rings is 2. The van der Waals surface area contributed by atoms with Crippen molar-refractivity contribution in [1.29, 1.82) is 0 Å². The zero-order valence-corrected chi connectivity index (χ0v) is 17.7. The molecule has 0 aromatic heterocycles. The van der Waals surface area contributed by atoms with Crippen molar-refractivity contribution in [2.45, 2.75) is 40.5 Å². The van der Waals surface area contributed by atoms with Crippen LogP contribution in [0.1, 0.15) is 40.5 Å². The Kier molecular flexibility index (Phi) is 8.07. The lowest BCUT2D eigenvalue weighted by molar-refractivity contribution is -0.123. The summed E-state index contributed by atoms with van der Waals surface area (Å²) in [6, 6.07) is 14.6. The molecular formula is C23H31N3O3. The van der Waals surface area contributed by atoms with Crippen molar-refractivity contribution in [3.63, 3.8) is 0 Å². The van der Waals surface area contributed by atoms with Crippen molar-refractivity contribution in [3.8, 4) is 5.75 Å². The van der Waals surface area contributed by atoms with Crippen molar-refractivity contribution in [3.05, 3.63) is 48.5 Å². The SMILES string of the molecule is CCCCOc1ccc(NC(=O)CNc2cccc(NC(=O)C(C)(C)C)c2)cc1. The summed E-state index contributed by atoms with van der Waals surface area (Å²) < 4.78 is 5.62. The average Bonchev–Trinajstić information content (AvgIpc) is 2.67. The van der Waals surface area contributed by atoms with Gasteiger partial charge in [-0.2, -0.15) is 0 Å². The van der Waals surface area contributed by atoms with E-state index in [1.54, 1.807) is 6.07 Å². The van der Waals surface area contributed by atoms with E-state index in [-0.39, 0.29) is 18.4 Å². The fourth-order valence-corrected chi connectivity index (χ4v) is 2.38. The normalized spacial score (nSPS) is 10.9. The second-order valence-corrected chi connectivity index (χ2v) is 7.91. The molecule has 2 rings (SSSR count). The van der Waals surface area contributed by atoms with Crippen LogP contribution in [0.2, 0.25) is 0 Å². The Hall–Kier alpha value is -3.02. The largest absolute Gasteiger partial charge is 0.494 e. The van der Waals surface area contributed by atoms with E-state index < -0.39 is 5.41 Å². The fraction of sp³-hybridized carbons (Fsp3) is 0.391. The lowest BCUT2D eigenvalue weighted by Crippen LogP contribution is -2.27. The van der Waals surface area contributed by atoms with Crippen LogP contribution < -0.4 is 20.7 Å². The molecule has 0 fully saturated rings. The first-order valence-electron chi connectivity index (χ1n) is 9.96. The molecule has 3 N–H and O–H groups in total. The Morgan fingerprint density at radius 2 is 1.62 bits per heavy atom. The van der Waals surface area contributed by atoms with Gasteiger partial charge in [0.2, 0.25) is 11.8 Å². The molecule has 2 amide bonds. The molecule has 0 aliphatic heterocycles. The number of hydrogen-bond donors (Lipinski definition) is 3. The molecule has 0 atom stereocenters. The number of nitrogens with one attached hydrogen (secondary N) is 3. The van der Waals surface area contributed by atoms with Gasteiger partial charge >= 0.3 is 0 Å². The Morgan fingerprint density at radius 1 is 0.931 bits per heavy atom. The summed E-state index contributed by atoms with van der Waals surface area (Å²) in [6.45, 7) is 8.51. The highest BCUT2D eigenvalue weighted by atomic mass is 16.5. The standard InChI is InChI=1S/C23H31N3O3/c1-5-6-14-29-20-12-10-17(11-13-20)25-21(27)16-24-18-8-7-9-19(15-18)26-22(28)23(2,3)4/h7-13,15,24H,5-6,14,16H2,1-4H3,(H,25,27)(H,26,28). The first-order chi connectivity index (χ1) is 13.8. The Bertz CT molecular complexity index is 811. The Balaban J connectivity index is 1.83. The molecule has 0 saturated heterocycles. The van der Waals surface area contributed by atoms with Gasteiger partial charge in [0.25, 0.3) is 0 Å². The molecular weight excluding hydrogens is 366 g/mol. The van der Waals surface area contributed by atoms with Crippen molar-refractivity contribution < 1.29 is 14.3 Å². The van der Waals surface area contributed by atoms with E-state index >= 15 is 0 Å². The number of amides is 2. The minimum absolute atomic E-state index is 0.0606. The van der Waals surface area contributed by atoms with Crippen LogP contribution in [0.5, 0.6) is 5.75 Å². The smallest absolute Gasteiger partial charge is 0.243 e. The molecule has 0 saturated carbocycles. The molecule has 6 nitrogen and oxygen atoms in total. The zero-order valence-electron chi connectivity index (χ0n) is 17.7. The summed E-state index contributed by atoms with van der Waals surface area (Å²) in [5, 5.41) is 8.80. The molecule has 2 aromatic rings. The predicted octanol–water partition coefficient (Wildman–Crippen LogP) is 4.90. The zero-order chi connectivity index (χ0) is 21.3. The van der Waals surface area contributed by atoms with E-state index in [1.807, 2.05) is 63.2 Å². The Labute approximate surface area is 173 Å². The number of anilines is 3. The molecule has 0 radical (unpaired) electrons. The lowest BCUT2D eigenvalue weighted by atomic mass is 9.95. The Morgan fingerprint density at radius 3 is 2.28 bits per heavy atom. The van der Waals surface area contributed by atoms with E-state index in [9.17, 15) is 9.59 Å². The molecule has 0 aliphatic rings. The third-order valence-corrected chi connectivity index (χ3v) is 4.16. The molecule has 0 bridgehead atoms. The molecule has 0 aliphatic carbocycles. The molecule has 0 spiro atoms. The van der Waals surface area contributed by atoms with Crippen LogP contribution in [0.4, 0.5) is 17.1 Å². The minimum atomic E-state index is -0.472. The van der Waals surface area contributed by atoms with Gasteiger partial charge in [-0.05, 0) is 48.9 Å². The van der Waals surface area contributed by atoms with Crippen LogP contribution in [0.25, 0.3) is 0 Å². The van der Waals surface area contributed by atoms with Gasteiger partial charge in [0.15, 0.2) is 0 Å². The van der Waals surface area contributed by atoms with E-state index in [0.29, 0.717) is 18.0 Å². The van der Waals surface area contributed by atoms with Gasteiger partial charge < -0.3 is 20.7 Å². The third kappa shape index (κ3) is 7.86. The summed E-state index contributed by atoms with van der Waals surface area (Å²) in [4.78, 5) is 24.3. The van der Waals surface area contributed by atoms with Crippen molar-refractivity contribution in [2.75, 3.05) is 29.1 Å². The van der Waals surface area contributed by atoms with Gasteiger partial charge in [-0.15, -0.1) is 0 Å². The lowest BCUT2D eigenvalue weighted by Gasteiger charge is -2.18. The number of ether oxygens (including phenoxy) is 1. The summed E-state index contributed by atoms with van der Waals surface area (Å²) in [5.74, 6) is 0.576. The van der Waals surface area contributed by atoms with Crippen LogP contribution in [0, 0.1) is 5.41 Å². The number of carbonyl (C=O) groups is 2. The van der Waals surface area contributed by atoms with Crippen molar-refractivity contribution in [2.24, 2.45) is 5.41 Å². The van der Waals surface area contributed by atoms with E-state index in [0.717, 1.165) is 24.3 Å². The second-order valence-electron chi connectivity index (χ2n) is 7.91. The van der Waals surface area contributed by atoms with Gasteiger partial charge in [-0.25, -0.2) is 0 Å². The van der Waals surface area contributed by atoms with Gasteiger partial charge in [0.05, 0.1) is 13.2 Å². The van der Waals surface area contributed by atoms with E-state index in [2.05, 4.69) is 22.9 Å². The highest BCUT2D eigenvalue weighted by Crippen LogP contribution is 2.20. The summed E-state index contributed by atoms with van der Waals surface area (Å²) >= 11 is 0. The van der Waals surface area contributed by atoms with Gasteiger partial charge in [0.1, 0.15) is 5.75 Å². The quantitative estimate of drug-likeness (QED) is 0.526. The van der Waals surface area contributed by atoms with E-state index in [4.69, 9.17) is 4.74 Å². The minimum Gasteiger partial charge on any atom is -0.494 e. The monoisotopic (exact) mass is 397 g/mol. The third-order valence-electron chi connectivity index (χ3n) is 4.16. The first-order valence-corrected chi connectivity index (χ1v) is 9.96. The summed E-state index contributed by atoms with van der Waals surface area (Å²) in [6.07, 6.45) is 2.11. The van der Waals surface area contributed by atoms with Crippen LogP contribution >= 0.6 is 0 Å². The van der Waals surface area contributed by atoms with Crippen LogP contribution in [-0.2, 0) is 9.59 Å². The maximum atomic E-state index is 12.2. The van der Waals surface area contributed by atoms with Crippen molar-refractivity contribution >= 4 is 28.9 Å². The molecule has 156 valence electrons.